The number of halogens is 2. The highest BCUT2D eigenvalue weighted by atomic mass is 35.5. The van der Waals surface area contributed by atoms with Gasteiger partial charge >= 0.3 is 0 Å². The van der Waals surface area contributed by atoms with Gasteiger partial charge in [-0.2, -0.15) is 0 Å². The lowest BCUT2D eigenvalue weighted by molar-refractivity contribution is 0.568. The van der Waals surface area contributed by atoms with Crippen LogP contribution in [0.5, 0.6) is 0 Å². The molecule has 68 valence electrons. The molecule has 0 unspecified atom stereocenters. The first-order chi connectivity index (χ1) is 5.02. The number of benzene rings is 1. The first-order valence-electron chi connectivity index (χ1n) is 2.79. The van der Waals surface area contributed by atoms with Crippen molar-refractivity contribution in [1.29, 1.82) is 0 Å². The Hall–Kier alpha value is -0.650. The van der Waals surface area contributed by atoms with Crippen molar-refractivity contribution in [3.05, 3.63) is 30.1 Å². The van der Waals surface area contributed by atoms with Crippen molar-refractivity contribution in [1.82, 2.24) is 0 Å². The molecule has 0 atom stereocenters. The Morgan fingerprint density at radius 3 is 2.08 bits per heavy atom. The van der Waals surface area contributed by atoms with Gasteiger partial charge in [-0.15, -0.1) is 12.4 Å². The Bertz CT molecular complexity index is 366. The first-order valence-corrected chi connectivity index (χ1v) is 4.34. The summed E-state index contributed by atoms with van der Waals surface area (Å²) in [5.74, 6) is -0.824. The standard InChI is InChI=1S/C6H6FNO2S.ClH/c7-5-3-1-2-4-6(5)11(8,9)10;/h1-4H,(H2,8,9,10);1H. The third-order valence-electron chi connectivity index (χ3n) is 1.14. The van der Waals surface area contributed by atoms with Crippen molar-refractivity contribution in [2.24, 2.45) is 5.14 Å². The van der Waals surface area contributed by atoms with Crippen molar-refractivity contribution in [2.75, 3.05) is 0 Å². The second-order valence-corrected chi connectivity index (χ2v) is 3.51. The number of primary sulfonamides is 1. The molecule has 3 nitrogen and oxygen atoms in total. The summed E-state index contributed by atoms with van der Waals surface area (Å²) >= 11 is 0. The minimum Gasteiger partial charge on any atom is -0.225 e. The number of rotatable bonds is 1. The molecule has 12 heavy (non-hydrogen) atoms. The number of hydrogen-bond donors (Lipinski definition) is 1. The molecule has 1 aromatic rings. The Balaban J connectivity index is 0.00000121. The largest absolute Gasteiger partial charge is 0.240 e. The summed E-state index contributed by atoms with van der Waals surface area (Å²) in [5, 5.41) is 4.69. The maximum Gasteiger partial charge on any atom is 0.240 e. The molecule has 2 N–H and O–H groups in total. The van der Waals surface area contributed by atoms with Crippen LogP contribution in [0.3, 0.4) is 0 Å². The predicted octanol–water partition coefficient (Wildman–Crippen LogP) is 0.895. The Kier molecular flexibility index (Phi) is 3.63. The zero-order chi connectivity index (χ0) is 8.48. The van der Waals surface area contributed by atoms with E-state index in [1.165, 1.54) is 12.1 Å². The van der Waals surface area contributed by atoms with E-state index in [1.54, 1.807) is 0 Å². The summed E-state index contributed by atoms with van der Waals surface area (Å²) in [6.07, 6.45) is 0. The fraction of sp³-hybridized carbons (Fsp3) is 0. The van der Waals surface area contributed by atoms with Gasteiger partial charge < -0.3 is 0 Å². The number of hydrogen-bond acceptors (Lipinski definition) is 2. The molecule has 0 aliphatic rings. The summed E-state index contributed by atoms with van der Waals surface area (Å²) in [7, 11) is -3.91. The maximum absolute atomic E-state index is 12.6. The molecular formula is C6H7ClFNO2S. The third kappa shape index (κ3) is 2.44. The lowest BCUT2D eigenvalue weighted by Gasteiger charge is -1.97. The lowest BCUT2D eigenvalue weighted by Crippen LogP contribution is -2.13. The Labute approximate surface area is 75.9 Å². The molecule has 6 heteroatoms. The van der Waals surface area contributed by atoms with Crippen LogP contribution in [0.2, 0.25) is 0 Å². The molecule has 0 bridgehead atoms. The summed E-state index contributed by atoms with van der Waals surface area (Å²) in [6.45, 7) is 0. The number of nitrogens with two attached hydrogens (primary N) is 1. The fourth-order valence-electron chi connectivity index (χ4n) is 0.675. The summed E-state index contributed by atoms with van der Waals surface area (Å²) in [5.41, 5.74) is 0. The van der Waals surface area contributed by atoms with Crippen molar-refractivity contribution in [3.63, 3.8) is 0 Å². The molecule has 0 saturated heterocycles. The van der Waals surface area contributed by atoms with Gasteiger partial charge in [-0.25, -0.2) is 17.9 Å². The quantitative estimate of drug-likeness (QED) is 0.750. The minimum absolute atomic E-state index is 0. The van der Waals surface area contributed by atoms with Crippen LogP contribution < -0.4 is 5.14 Å². The molecule has 0 spiro atoms. The van der Waals surface area contributed by atoms with Crippen LogP contribution in [0.1, 0.15) is 0 Å². The van der Waals surface area contributed by atoms with Crippen LogP contribution in [-0.4, -0.2) is 8.42 Å². The predicted molar refractivity (Wildman–Crippen MR) is 45.0 cm³/mol. The van der Waals surface area contributed by atoms with Gasteiger partial charge in [0.1, 0.15) is 10.7 Å². The fourth-order valence-corrected chi connectivity index (χ4v) is 1.28. The van der Waals surface area contributed by atoms with Crippen molar-refractivity contribution >= 4 is 22.4 Å². The van der Waals surface area contributed by atoms with Gasteiger partial charge in [0.2, 0.25) is 10.0 Å². The van der Waals surface area contributed by atoms with E-state index < -0.39 is 20.7 Å². The maximum atomic E-state index is 12.6. The normalized spacial score (nSPS) is 10.5. The van der Waals surface area contributed by atoms with Crippen LogP contribution in [0.25, 0.3) is 0 Å². The average Bonchev–Trinajstić information content (AvgIpc) is 1.86. The van der Waals surface area contributed by atoms with E-state index in [1.807, 2.05) is 0 Å². The molecule has 0 saturated carbocycles. The van der Waals surface area contributed by atoms with Gasteiger partial charge in [-0.05, 0) is 12.1 Å². The molecule has 1 aromatic carbocycles. The molecule has 0 aromatic heterocycles. The van der Waals surface area contributed by atoms with Crippen LogP contribution in [-0.2, 0) is 10.0 Å². The van der Waals surface area contributed by atoms with Gasteiger partial charge in [-0.3, -0.25) is 0 Å². The van der Waals surface area contributed by atoms with E-state index in [0.717, 1.165) is 12.1 Å². The van der Waals surface area contributed by atoms with Gasteiger partial charge in [0.15, 0.2) is 0 Å². The van der Waals surface area contributed by atoms with Crippen molar-refractivity contribution < 1.29 is 12.8 Å². The van der Waals surface area contributed by atoms with Gasteiger partial charge in [0.05, 0.1) is 0 Å². The zero-order valence-corrected chi connectivity index (χ0v) is 7.53. The Morgan fingerprint density at radius 1 is 1.25 bits per heavy atom. The van der Waals surface area contributed by atoms with Gasteiger partial charge in [0, 0.05) is 0 Å². The number of sulfonamides is 1. The van der Waals surface area contributed by atoms with E-state index in [-0.39, 0.29) is 12.4 Å². The molecule has 0 radical (unpaired) electrons. The van der Waals surface area contributed by atoms with Gasteiger partial charge in [0.25, 0.3) is 0 Å². The molecule has 0 amide bonds. The van der Waals surface area contributed by atoms with Crippen molar-refractivity contribution in [3.8, 4) is 0 Å². The topological polar surface area (TPSA) is 60.2 Å². The summed E-state index contributed by atoms with van der Waals surface area (Å²) < 4.78 is 33.8. The second kappa shape index (κ2) is 3.84. The lowest BCUT2D eigenvalue weighted by atomic mass is 10.4. The van der Waals surface area contributed by atoms with Crippen LogP contribution in [0.4, 0.5) is 4.39 Å². The SMILES string of the molecule is Cl.NS(=O)(=O)c1ccccc1F. The van der Waals surface area contributed by atoms with Crippen molar-refractivity contribution in [2.45, 2.75) is 4.90 Å². The highest BCUT2D eigenvalue weighted by molar-refractivity contribution is 7.89. The highest BCUT2D eigenvalue weighted by Gasteiger charge is 2.11. The van der Waals surface area contributed by atoms with E-state index in [4.69, 9.17) is 0 Å². The molecule has 1 rings (SSSR count). The summed E-state index contributed by atoms with van der Waals surface area (Å²) in [6, 6.07) is 4.96. The average molecular weight is 212 g/mol. The van der Waals surface area contributed by atoms with E-state index in [9.17, 15) is 12.8 Å². The van der Waals surface area contributed by atoms with Gasteiger partial charge in [-0.1, -0.05) is 12.1 Å². The molecule has 0 aliphatic carbocycles. The first kappa shape index (κ1) is 11.4. The monoisotopic (exact) mass is 211 g/mol. The molecule has 0 aliphatic heterocycles. The van der Waals surface area contributed by atoms with E-state index in [0.29, 0.717) is 0 Å². The second-order valence-electron chi connectivity index (χ2n) is 1.98. The van der Waals surface area contributed by atoms with E-state index in [2.05, 4.69) is 5.14 Å². The van der Waals surface area contributed by atoms with Crippen LogP contribution in [0.15, 0.2) is 29.2 Å². The smallest absolute Gasteiger partial charge is 0.225 e. The highest BCUT2D eigenvalue weighted by Crippen LogP contribution is 2.10. The van der Waals surface area contributed by atoms with Crippen LogP contribution >= 0.6 is 12.4 Å². The molecule has 0 fully saturated rings. The Morgan fingerprint density at radius 2 is 1.75 bits per heavy atom. The molecule has 0 heterocycles. The minimum atomic E-state index is -3.91. The van der Waals surface area contributed by atoms with Crippen LogP contribution in [0, 0.1) is 5.82 Å². The zero-order valence-electron chi connectivity index (χ0n) is 5.90. The summed E-state index contributed by atoms with van der Waals surface area (Å²) in [4.78, 5) is -0.472. The molecular weight excluding hydrogens is 205 g/mol. The third-order valence-corrected chi connectivity index (χ3v) is 2.09. The van der Waals surface area contributed by atoms with E-state index >= 15 is 0 Å².